The molecule has 0 aromatic carbocycles. The van der Waals surface area contributed by atoms with Gasteiger partial charge in [0.25, 0.3) is 5.56 Å². The van der Waals surface area contributed by atoms with Crippen LogP contribution in [-0.4, -0.2) is 21.0 Å². The number of nitrogens with one attached hydrogen (secondary N) is 1. The van der Waals surface area contributed by atoms with Gasteiger partial charge in [-0.15, -0.1) is 0 Å². The van der Waals surface area contributed by atoms with Crippen LogP contribution in [0.15, 0.2) is 20.8 Å². The summed E-state index contributed by atoms with van der Waals surface area (Å²) < 4.78 is 7.27. The van der Waals surface area contributed by atoms with Crippen LogP contribution in [0.2, 0.25) is 0 Å². The van der Waals surface area contributed by atoms with Crippen molar-refractivity contribution in [2.75, 3.05) is 5.33 Å². The lowest BCUT2D eigenvalue weighted by Gasteiger charge is -2.15. The number of nitrogens with zero attached hydrogens (tertiary/aromatic N) is 1. The van der Waals surface area contributed by atoms with Crippen LogP contribution in [0, 0.1) is 5.92 Å². The lowest BCUT2D eigenvalue weighted by Crippen LogP contribution is -2.33. The first-order valence-electron chi connectivity index (χ1n) is 5.90. The minimum absolute atomic E-state index is 0.0824. The molecule has 1 aromatic heterocycles. The summed E-state index contributed by atoms with van der Waals surface area (Å²) in [5, 5.41) is 0.733. The van der Waals surface area contributed by atoms with E-state index in [2.05, 4.69) is 43.8 Å². The van der Waals surface area contributed by atoms with Gasteiger partial charge in [0.1, 0.15) is 6.23 Å². The smallest absolute Gasteiger partial charge is 0.330 e. The van der Waals surface area contributed by atoms with E-state index in [0.29, 0.717) is 11.5 Å². The largest absolute Gasteiger partial charge is 0.353 e. The third-order valence-electron chi connectivity index (χ3n) is 3.24. The normalized spacial score (nSPS) is 27.2. The fourth-order valence-corrected chi connectivity index (χ4v) is 3.21. The van der Waals surface area contributed by atoms with Crippen LogP contribution in [0.5, 0.6) is 0 Å². The van der Waals surface area contributed by atoms with Gasteiger partial charge in [-0.3, -0.25) is 14.3 Å². The third-order valence-corrected chi connectivity index (χ3v) is 4.14. The Kier molecular flexibility index (Phi) is 4.81. The molecule has 1 aliphatic heterocycles. The van der Waals surface area contributed by atoms with Crippen molar-refractivity contribution in [3.8, 4) is 0 Å². The highest BCUT2D eigenvalue weighted by Gasteiger charge is 2.33. The SMILES string of the molecule is CC1CC(n2cc(/C=C/Br)c(=O)[nH]c2=O)OC1CBr. The predicted octanol–water partition coefficient (Wildman–Crippen LogP) is 2.22. The number of aromatic amines is 1. The molecule has 1 saturated heterocycles. The van der Waals surface area contributed by atoms with Crippen LogP contribution < -0.4 is 11.2 Å². The van der Waals surface area contributed by atoms with Crippen molar-refractivity contribution in [1.82, 2.24) is 9.55 Å². The van der Waals surface area contributed by atoms with Crippen LogP contribution >= 0.6 is 31.9 Å². The summed E-state index contributed by atoms with van der Waals surface area (Å²) >= 11 is 6.52. The molecule has 2 rings (SSSR count). The van der Waals surface area contributed by atoms with E-state index in [1.165, 1.54) is 10.8 Å². The van der Waals surface area contributed by atoms with Crippen molar-refractivity contribution in [1.29, 1.82) is 0 Å². The van der Waals surface area contributed by atoms with E-state index in [0.717, 1.165) is 11.8 Å². The predicted molar refractivity (Wildman–Crippen MR) is 80.8 cm³/mol. The van der Waals surface area contributed by atoms with Gasteiger partial charge in [0.2, 0.25) is 0 Å². The zero-order chi connectivity index (χ0) is 14.0. The summed E-state index contributed by atoms with van der Waals surface area (Å²) in [5.41, 5.74) is -0.431. The zero-order valence-electron chi connectivity index (χ0n) is 10.3. The second-order valence-electron chi connectivity index (χ2n) is 4.54. The molecule has 104 valence electrons. The number of hydrogen-bond acceptors (Lipinski definition) is 3. The molecule has 5 nitrogen and oxygen atoms in total. The minimum atomic E-state index is -0.441. The maximum absolute atomic E-state index is 11.9. The second-order valence-corrected chi connectivity index (χ2v) is 5.72. The fourth-order valence-electron chi connectivity index (χ4n) is 2.13. The van der Waals surface area contributed by atoms with Crippen molar-refractivity contribution < 1.29 is 4.74 Å². The number of H-pyrrole nitrogens is 1. The average molecular weight is 394 g/mol. The standard InChI is InChI=1S/C12H14Br2N2O3/c1-7-4-10(19-9(7)5-14)16-6-8(2-3-13)11(17)15-12(16)18/h2-3,6-7,9-10H,4-5H2,1H3,(H,15,17,18)/b3-2+. The summed E-state index contributed by atoms with van der Waals surface area (Å²) in [6.07, 6.45) is 3.63. The van der Waals surface area contributed by atoms with Crippen molar-refractivity contribution in [3.05, 3.63) is 37.6 Å². The summed E-state index contributed by atoms with van der Waals surface area (Å²) in [4.78, 5) is 27.3. The van der Waals surface area contributed by atoms with E-state index in [1.807, 2.05) is 0 Å². The Balaban J connectivity index is 2.38. The minimum Gasteiger partial charge on any atom is -0.353 e. The maximum atomic E-state index is 11.9. The van der Waals surface area contributed by atoms with Gasteiger partial charge in [-0.25, -0.2) is 4.79 Å². The molecule has 7 heteroatoms. The molecule has 0 bridgehead atoms. The van der Waals surface area contributed by atoms with E-state index >= 15 is 0 Å². The Morgan fingerprint density at radius 2 is 2.32 bits per heavy atom. The molecule has 0 amide bonds. The van der Waals surface area contributed by atoms with Crippen molar-refractivity contribution >= 4 is 37.9 Å². The monoisotopic (exact) mass is 392 g/mol. The molecule has 2 heterocycles. The third kappa shape index (κ3) is 3.09. The Morgan fingerprint density at radius 1 is 1.58 bits per heavy atom. The number of rotatable bonds is 3. The Morgan fingerprint density at radius 3 is 2.89 bits per heavy atom. The lowest BCUT2D eigenvalue weighted by molar-refractivity contribution is 0.00585. The van der Waals surface area contributed by atoms with E-state index in [-0.39, 0.29) is 12.3 Å². The molecule has 1 aliphatic rings. The molecule has 0 aliphatic carbocycles. The van der Waals surface area contributed by atoms with Gasteiger partial charge in [-0.2, -0.15) is 0 Å². The molecule has 19 heavy (non-hydrogen) atoms. The Bertz CT molecular complexity index is 593. The first-order valence-corrected chi connectivity index (χ1v) is 7.94. The van der Waals surface area contributed by atoms with Crippen LogP contribution in [0.25, 0.3) is 6.08 Å². The molecule has 1 aromatic rings. The fraction of sp³-hybridized carbons (Fsp3) is 0.500. The molecule has 1 N–H and O–H groups in total. The van der Waals surface area contributed by atoms with Gasteiger partial charge in [-0.1, -0.05) is 38.8 Å². The summed E-state index contributed by atoms with van der Waals surface area (Å²) in [6, 6.07) is 0. The van der Waals surface area contributed by atoms with Crippen molar-refractivity contribution in [2.24, 2.45) is 5.92 Å². The summed E-state index contributed by atoms with van der Waals surface area (Å²) in [7, 11) is 0. The summed E-state index contributed by atoms with van der Waals surface area (Å²) in [5.74, 6) is 0.360. The van der Waals surface area contributed by atoms with Gasteiger partial charge in [0.05, 0.1) is 11.7 Å². The van der Waals surface area contributed by atoms with E-state index < -0.39 is 11.2 Å². The van der Waals surface area contributed by atoms with Crippen LogP contribution in [0.1, 0.15) is 25.1 Å². The number of halogens is 2. The highest BCUT2D eigenvalue weighted by atomic mass is 79.9. The van der Waals surface area contributed by atoms with Gasteiger partial charge in [0, 0.05) is 11.5 Å². The van der Waals surface area contributed by atoms with Crippen molar-refractivity contribution in [2.45, 2.75) is 25.7 Å². The first-order chi connectivity index (χ1) is 9.06. The summed E-state index contributed by atoms with van der Waals surface area (Å²) in [6.45, 7) is 2.09. The molecular formula is C12H14Br2N2O3. The lowest BCUT2D eigenvalue weighted by atomic mass is 10.1. The molecular weight excluding hydrogens is 380 g/mol. The quantitative estimate of drug-likeness (QED) is 0.800. The van der Waals surface area contributed by atoms with Gasteiger partial charge < -0.3 is 4.74 Å². The van der Waals surface area contributed by atoms with E-state index in [9.17, 15) is 9.59 Å². The van der Waals surface area contributed by atoms with Gasteiger partial charge in [0.15, 0.2) is 0 Å². The Labute approximate surface area is 126 Å². The molecule has 3 unspecified atom stereocenters. The number of alkyl halides is 1. The van der Waals surface area contributed by atoms with Crippen LogP contribution in [0.3, 0.4) is 0 Å². The highest BCUT2D eigenvalue weighted by Crippen LogP contribution is 2.33. The number of aromatic nitrogens is 2. The van der Waals surface area contributed by atoms with E-state index in [4.69, 9.17) is 4.74 Å². The number of ether oxygens (including phenoxy) is 1. The molecule has 0 radical (unpaired) electrons. The van der Waals surface area contributed by atoms with Crippen LogP contribution in [-0.2, 0) is 4.74 Å². The second kappa shape index (κ2) is 6.19. The van der Waals surface area contributed by atoms with Crippen LogP contribution in [0.4, 0.5) is 0 Å². The molecule has 0 spiro atoms. The van der Waals surface area contributed by atoms with Gasteiger partial charge >= 0.3 is 5.69 Å². The Hall–Kier alpha value is -0.660. The zero-order valence-corrected chi connectivity index (χ0v) is 13.5. The van der Waals surface area contributed by atoms with Gasteiger partial charge in [-0.05, 0) is 23.4 Å². The number of hydrogen-bond donors (Lipinski definition) is 1. The van der Waals surface area contributed by atoms with Crippen molar-refractivity contribution in [3.63, 3.8) is 0 Å². The topological polar surface area (TPSA) is 64.1 Å². The maximum Gasteiger partial charge on any atom is 0.330 e. The van der Waals surface area contributed by atoms with E-state index in [1.54, 1.807) is 11.1 Å². The molecule has 1 fully saturated rings. The highest BCUT2D eigenvalue weighted by molar-refractivity contribution is 9.11. The molecule has 0 saturated carbocycles. The molecule has 3 atom stereocenters. The average Bonchev–Trinajstić information content (AvgIpc) is 2.74. The first kappa shape index (κ1) is 14.7.